The van der Waals surface area contributed by atoms with Gasteiger partial charge in [0.2, 0.25) is 0 Å². The fourth-order valence-corrected chi connectivity index (χ4v) is 3.02. The minimum Gasteiger partial charge on any atom is -0.393 e. The third-order valence-corrected chi connectivity index (χ3v) is 4.38. The van der Waals surface area contributed by atoms with Gasteiger partial charge in [0.15, 0.2) is 0 Å². The van der Waals surface area contributed by atoms with Gasteiger partial charge in [-0.15, -0.1) is 0 Å². The quantitative estimate of drug-likeness (QED) is 0.840. The third-order valence-electron chi connectivity index (χ3n) is 4.38. The zero-order valence-corrected chi connectivity index (χ0v) is 13.6. The maximum absolute atomic E-state index is 12.1. The van der Waals surface area contributed by atoms with Crippen molar-refractivity contribution in [1.29, 1.82) is 0 Å². The summed E-state index contributed by atoms with van der Waals surface area (Å²) >= 11 is 0. The molecule has 124 valence electrons. The number of nitrogens with one attached hydrogen (secondary N) is 1. The van der Waals surface area contributed by atoms with E-state index in [-0.39, 0.29) is 18.1 Å². The van der Waals surface area contributed by atoms with E-state index in [0.29, 0.717) is 19.0 Å². The zero-order valence-electron chi connectivity index (χ0n) is 13.6. The van der Waals surface area contributed by atoms with Crippen LogP contribution in [0.3, 0.4) is 0 Å². The molecule has 1 fully saturated rings. The van der Waals surface area contributed by atoms with Crippen molar-refractivity contribution in [3.63, 3.8) is 0 Å². The number of aliphatic hydroxyl groups excluding tert-OH is 1. The average molecular weight is 308 g/mol. The molecule has 1 aliphatic rings. The van der Waals surface area contributed by atoms with Crippen LogP contribution >= 0.6 is 0 Å². The fourth-order valence-electron chi connectivity index (χ4n) is 3.02. The molecule has 2 N–H and O–H groups in total. The lowest BCUT2D eigenvalue weighted by Gasteiger charge is -2.31. The van der Waals surface area contributed by atoms with E-state index in [4.69, 9.17) is 0 Å². The summed E-state index contributed by atoms with van der Waals surface area (Å²) in [7, 11) is 1.80. The van der Waals surface area contributed by atoms with Gasteiger partial charge in [0.05, 0.1) is 6.10 Å². The van der Waals surface area contributed by atoms with Crippen molar-refractivity contribution in [3.8, 4) is 0 Å². The first-order chi connectivity index (χ1) is 10.6. The molecule has 1 aromatic heterocycles. The Morgan fingerprint density at radius 1 is 1.50 bits per heavy atom. The van der Waals surface area contributed by atoms with Gasteiger partial charge in [-0.05, 0) is 24.8 Å². The molecule has 2 rings (SSSR count). The predicted octanol–water partition coefficient (Wildman–Crippen LogP) is 1.71. The Morgan fingerprint density at radius 2 is 2.27 bits per heavy atom. The molecule has 1 aliphatic carbocycles. The molecule has 0 bridgehead atoms. The predicted molar refractivity (Wildman–Crippen MR) is 85.4 cm³/mol. The number of nitrogens with zero attached hydrogens (tertiary/aromatic N) is 3. The minimum absolute atomic E-state index is 0.0647. The number of aliphatic hydroxyl groups is 1. The second-order valence-electron chi connectivity index (χ2n) is 6.51. The van der Waals surface area contributed by atoms with E-state index in [1.807, 2.05) is 16.9 Å². The summed E-state index contributed by atoms with van der Waals surface area (Å²) in [6.07, 6.45) is 7.54. The van der Waals surface area contributed by atoms with Crippen LogP contribution in [0.5, 0.6) is 0 Å². The van der Waals surface area contributed by atoms with E-state index in [0.717, 1.165) is 32.2 Å². The molecule has 3 atom stereocenters. The molecular formula is C16H28N4O2. The van der Waals surface area contributed by atoms with Gasteiger partial charge in [-0.2, -0.15) is 5.10 Å². The standard InChI is InChI=1S/C16H28N4O2/c1-13(11-20-9-5-8-18-20)10-17-16(22)19(2)12-14-6-3-4-7-15(14)21/h5,8-9,13-15,21H,3-4,6-7,10-12H2,1-2H3,(H,17,22)/t13-,14-,15+/m1/s1. The van der Waals surface area contributed by atoms with Gasteiger partial charge in [0.1, 0.15) is 0 Å². The topological polar surface area (TPSA) is 70.4 Å². The lowest BCUT2D eigenvalue weighted by molar-refractivity contribution is 0.0564. The molecule has 22 heavy (non-hydrogen) atoms. The Morgan fingerprint density at radius 3 is 2.95 bits per heavy atom. The highest BCUT2D eigenvalue weighted by Gasteiger charge is 2.25. The van der Waals surface area contributed by atoms with Gasteiger partial charge < -0.3 is 15.3 Å². The fraction of sp³-hybridized carbons (Fsp3) is 0.750. The normalized spacial score (nSPS) is 23.0. The number of rotatable bonds is 6. The van der Waals surface area contributed by atoms with E-state index < -0.39 is 0 Å². The summed E-state index contributed by atoms with van der Waals surface area (Å²) in [6, 6.07) is 1.83. The molecule has 1 heterocycles. The molecule has 0 saturated heterocycles. The van der Waals surface area contributed by atoms with Crippen LogP contribution < -0.4 is 5.32 Å². The highest BCUT2D eigenvalue weighted by atomic mass is 16.3. The van der Waals surface area contributed by atoms with Crippen molar-refractivity contribution in [2.24, 2.45) is 11.8 Å². The molecular weight excluding hydrogens is 280 g/mol. The number of urea groups is 1. The van der Waals surface area contributed by atoms with Gasteiger partial charge in [0, 0.05) is 45.0 Å². The number of hydrogen-bond acceptors (Lipinski definition) is 3. The Bertz CT molecular complexity index is 449. The SMILES string of the molecule is C[C@H](CNC(=O)N(C)C[C@H]1CCCC[C@@H]1O)Cn1cccn1. The Hall–Kier alpha value is -1.56. The molecule has 6 heteroatoms. The van der Waals surface area contributed by atoms with E-state index >= 15 is 0 Å². The van der Waals surface area contributed by atoms with Crippen molar-refractivity contribution in [3.05, 3.63) is 18.5 Å². The van der Waals surface area contributed by atoms with Crippen LogP contribution in [0.1, 0.15) is 32.6 Å². The van der Waals surface area contributed by atoms with Crippen LogP contribution in [0.15, 0.2) is 18.5 Å². The molecule has 0 aliphatic heterocycles. The average Bonchev–Trinajstić information content (AvgIpc) is 3.00. The van der Waals surface area contributed by atoms with Gasteiger partial charge in [0.25, 0.3) is 0 Å². The molecule has 0 aromatic carbocycles. The second-order valence-corrected chi connectivity index (χ2v) is 6.51. The molecule has 2 amide bonds. The van der Waals surface area contributed by atoms with Crippen LogP contribution in [-0.4, -0.2) is 52.1 Å². The smallest absolute Gasteiger partial charge is 0.317 e. The molecule has 0 unspecified atom stereocenters. The molecule has 0 spiro atoms. The third kappa shape index (κ3) is 5.02. The summed E-state index contributed by atoms with van der Waals surface area (Å²) in [5, 5.41) is 17.1. The molecule has 0 radical (unpaired) electrons. The molecule has 6 nitrogen and oxygen atoms in total. The maximum atomic E-state index is 12.1. The number of amides is 2. The molecule has 1 aromatic rings. The second kappa shape index (κ2) is 8.17. The van der Waals surface area contributed by atoms with E-state index in [2.05, 4.69) is 17.3 Å². The van der Waals surface area contributed by atoms with Gasteiger partial charge in [-0.1, -0.05) is 19.8 Å². The molecule has 1 saturated carbocycles. The minimum atomic E-state index is -0.261. The first-order valence-electron chi connectivity index (χ1n) is 8.20. The number of hydrogen-bond donors (Lipinski definition) is 2. The van der Waals surface area contributed by atoms with Crippen LogP contribution in [0.25, 0.3) is 0 Å². The Balaban J connectivity index is 1.69. The van der Waals surface area contributed by atoms with Gasteiger partial charge in [-0.3, -0.25) is 4.68 Å². The van der Waals surface area contributed by atoms with Crippen LogP contribution in [0.4, 0.5) is 4.79 Å². The van der Waals surface area contributed by atoms with E-state index in [9.17, 15) is 9.90 Å². The van der Waals surface area contributed by atoms with Crippen molar-refractivity contribution in [2.75, 3.05) is 20.1 Å². The highest BCUT2D eigenvalue weighted by molar-refractivity contribution is 5.73. The summed E-state index contributed by atoms with van der Waals surface area (Å²) in [4.78, 5) is 13.8. The largest absolute Gasteiger partial charge is 0.393 e. The van der Waals surface area contributed by atoms with Crippen molar-refractivity contribution in [2.45, 2.75) is 45.3 Å². The lowest BCUT2D eigenvalue weighted by atomic mass is 9.86. The van der Waals surface area contributed by atoms with Crippen LogP contribution in [0.2, 0.25) is 0 Å². The van der Waals surface area contributed by atoms with Crippen LogP contribution in [-0.2, 0) is 6.54 Å². The summed E-state index contributed by atoms with van der Waals surface area (Å²) in [5.74, 6) is 0.531. The van der Waals surface area contributed by atoms with E-state index in [1.165, 1.54) is 0 Å². The first-order valence-corrected chi connectivity index (χ1v) is 8.20. The lowest BCUT2D eigenvalue weighted by Crippen LogP contribution is -2.44. The van der Waals surface area contributed by atoms with Crippen molar-refractivity contribution in [1.82, 2.24) is 20.0 Å². The zero-order chi connectivity index (χ0) is 15.9. The highest BCUT2D eigenvalue weighted by Crippen LogP contribution is 2.24. The Labute approximate surface area is 132 Å². The van der Waals surface area contributed by atoms with E-state index in [1.54, 1.807) is 18.1 Å². The first kappa shape index (κ1) is 16.8. The summed E-state index contributed by atoms with van der Waals surface area (Å²) in [6.45, 7) is 4.13. The summed E-state index contributed by atoms with van der Waals surface area (Å²) < 4.78 is 1.87. The van der Waals surface area contributed by atoms with Gasteiger partial charge in [-0.25, -0.2) is 4.79 Å². The Kier molecular flexibility index (Phi) is 6.24. The van der Waals surface area contributed by atoms with Gasteiger partial charge >= 0.3 is 6.03 Å². The van der Waals surface area contributed by atoms with Crippen LogP contribution in [0, 0.1) is 11.8 Å². The number of aromatic nitrogens is 2. The van der Waals surface area contributed by atoms with Crippen molar-refractivity contribution < 1.29 is 9.90 Å². The van der Waals surface area contributed by atoms with Crippen molar-refractivity contribution >= 4 is 6.03 Å². The number of carbonyl (C=O) groups is 1. The monoisotopic (exact) mass is 308 g/mol. The maximum Gasteiger partial charge on any atom is 0.317 e. The summed E-state index contributed by atoms with van der Waals surface area (Å²) in [5.41, 5.74) is 0. The number of carbonyl (C=O) groups excluding carboxylic acids is 1.